The first-order valence-electron chi connectivity index (χ1n) is 8.61. The molecule has 6 heteroatoms. The Morgan fingerprint density at radius 2 is 1.72 bits per heavy atom. The second-order valence-electron chi connectivity index (χ2n) is 6.38. The van der Waals surface area contributed by atoms with E-state index in [1.807, 2.05) is 65.3 Å². The summed E-state index contributed by atoms with van der Waals surface area (Å²) in [4.78, 5) is 28.5. The van der Waals surface area contributed by atoms with Crippen LogP contribution in [-0.2, 0) is 18.3 Å². The molecule has 1 fully saturated rings. The van der Waals surface area contributed by atoms with E-state index in [-0.39, 0.29) is 11.9 Å². The van der Waals surface area contributed by atoms with Gasteiger partial charge in [-0.1, -0.05) is 18.2 Å². The molecule has 2 aromatic rings. The van der Waals surface area contributed by atoms with Gasteiger partial charge in [-0.2, -0.15) is 0 Å². The van der Waals surface area contributed by atoms with E-state index < -0.39 is 0 Å². The molecule has 1 aromatic heterocycles. The number of benzene rings is 1. The van der Waals surface area contributed by atoms with Gasteiger partial charge in [-0.3, -0.25) is 4.79 Å². The highest BCUT2D eigenvalue weighted by Crippen LogP contribution is 2.11. The Morgan fingerprint density at radius 3 is 2.44 bits per heavy atom. The number of carbonyl (C=O) groups is 2. The minimum Gasteiger partial charge on any atom is -0.357 e. The van der Waals surface area contributed by atoms with Crippen LogP contribution in [0.1, 0.15) is 12.0 Å². The highest BCUT2D eigenvalue weighted by molar-refractivity contribution is 5.89. The standard InChI is InChI=1S/C19H24N4O2/c1-21-11-8-16(15-21)14-18(24)22-9-5-10-23(13-12-22)19(25)20-17-6-3-2-4-7-17/h2-4,6-8,11,15H,5,9-10,12-14H2,1H3,(H,20,25). The number of para-hydroxylation sites is 1. The van der Waals surface area contributed by atoms with Crippen molar-refractivity contribution < 1.29 is 9.59 Å². The summed E-state index contributed by atoms with van der Waals surface area (Å²) in [6, 6.07) is 11.3. The zero-order valence-corrected chi connectivity index (χ0v) is 14.5. The lowest BCUT2D eigenvalue weighted by atomic mass is 10.2. The van der Waals surface area contributed by atoms with Crippen molar-refractivity contribution >= 4 is 17.6 Å². The summed E-state index contributed by atoms with van der Waals surface area (Å²) in [5, 5.41) is 2.91. The first kappa shape index (κ1) is 17.1. The van der Waals surface area contributed by atoms with Crippen LogP contribution >= 0.6 is 0 Å². The number of rotatable bonds is 3. The molecule has 25 heavy (non-hydrogen) atoms. The van der Waals surface area contributed by atoms with Crippen molar-refractivity contribution in [1.82, 2.24) is 14.4 Å². The van der Waals surface area contributed by atoms with Gasteiger partial charge < -0.3 is 19.7 Å². The molecule has 0 unspecified atom stereocenters. The average molecular weight is 340 g/mol. The van der Waals surface area contributed by atoms with E-state index in [1.165, 1.54) is 0 Å². The first-order valence-corrected chi connectivity index (χ1v) is 8.61. The van der Waals surface area contributed by atoms with Crippen LogP contribution in [0.15, 0.2) is 48.8 Å². The lowest BCUT2D eigenvalue weighted by molar-refractivity contribution is -0.130. The van der Waals surface area contributed by atoms with Crippen molar-refractivity contribution in [1.29, 1.82) is 0 Å². The van der Waals surface area contributed by atoms with E-state index in [9.17, 15) is 9.59 Å². The summed E-state index contributed by atoms with van der Waals surface area (Å²) in [5.41, 5.74) is 1.81. The molecule has 1 saturated heterocycles. The third kappa shape index (κ3) is 4.62. The van der Waals surface area contributed by atoms with Crippen molar-refractivity contribution in [3.05, 3.63) is 54.4 Å². The predicted octanol–water partition coefficient (Wildman–Crippen LogP) is 2.33. The number of hydrogen-bond acceptors (Lipinski definition) is 2. The Bertz CT molecular complexity index is 726. The molecule has 0 aliphatic carbocycles. The van der Waals surface area contributed by atoms with Crippen LogP contribution in [0.3, 0.4) is 0 Å². The molecular weight excluding hydrogens is 316 g/mol. The zero-order valence-electron chi connectivity index (χ0n) is 14.5. The topological polar surface area (TPSA) is 57.6 Å². The van der Waals surface area contributed by atoms with Crippen LogP contribution < -0.4 is 5.32 Å². The summed E-state index contributed by atoms with van der Waals surface area (Å²) in [5.74, 6) is 0.122. The summed E-state index contributed by atoms with van der Waals surface area (Å²) < 4.78 is 1.95. The van der Waals surface area contributed by atoms with E-state index in [2.05, 4.69) is 5.32 Å². The van der Waals surface area contributed by atoms with Crippen LogP contribution in [0.5, 0.6) is 0 Å². The van der Waals surface area contributed by atoms with Crippen molar-refractivity contribution in [2.75, 3.05) is 31.5 Å². The molecule has 0 bridgehead atoms. The largest absolute Gasteiger partial charge is 0.357 e. The van der Waals surface area contributed by atoms with E-state index in [1.54, 1.807) is 4.90 Å². The fraction of sp³-hybridized carbons (Fsp3) is 0.368. The Balaban J connectivity index is 1.53. The molecule has 0 radical (unpaired) electrons. The van der Waals surface area contributed by atoms with Crippen molar-refractivity contribution in [2.45, 2.75) is 12.8 Å². The summed E-state index contributed by atoms with van der Waals surface area (Å²) in [6.45, 7) is 2.49. The van der Waals surface area contributed by atoms with Gasteiger partial charge in [0, 0.05) is 51.3 Å². The first-order chi connectivity index (χ1) is 12.1. The maximum atomic E-state index is 12.5. The van der Waals surface area contributed by atoms with Crippen LogP contribution in [0.4, 0.5) is 10.5 Å². The van der Waals surface area contributed by atoms with Gasteiger partial charge in [0.2, 0.25) is 5.91 Å². The summed E-state index contributed by atoms with van der Waals surface area (Å²) in [7, 11) is 1.95. The number of nitrogens with zero attached hydrogens (tertiary/aromatic N) is 3. The Labute approximate surface area is 148 Å². The number of urea groups is 1. The zero-order chi connectivity index (χ0) is 17.6. The third-order valence-corrected chi connectivity index (χ3v) is 4.41. The fourth-order valence-corrected chi connectivity index (χ4v) is 3.05. The molecule has 3 amide bonds. The average Bonchev–Trinajstić information content (AvgIpc) is 2.86. The molecule has 0 saturated carbocycles. The maximum absolute atomic E-state index is 12.5. The molecule has 6 nitrogen and oxygen atoms in total. The van der Waals surface area contributed by atoms with Gasteiger partial charge in [-0.15, -0.1) is 0 Å². The van der Waals surface area contributed by atoms with Crippen molar-refractivity contribution in [3.63, 3.8) is 0 Å². The number of anilines is 1. The van der Waals surface area contributed by atoms with Crippen LogP contribution in [0.25, 0.3) is 0 Å². The number of aromatic nitrogens is 1. The highest BCUT2D eigenvalue weighted by atomic mass is 16.2. The highest BCUT2D eigenvalue weighted by Gasteiger charge is 2.22. The molecule has 132 valence electrons. The number of nitrogens with one attached hydrogen (secondary N) is 1. The lowest BCUT2D eigenvalue weighted by Crippen LogP contribution is -2.39. The van der Waals surface area contributed by atoms with Gasteiger partial charge in [0.1, 0.15) is 0 Å². The molecular formula is C19H24N4O2. The number of aryl methyl sites for hydroxylation is 1. The Morgan fingerprint density at radius 1 is 1.00 bits per heavy atom. The van der Waals surface area contributed by atoms with Gasteiger partial charge in [-0.05, 0) is 30.2 Å². The van der Waals surface area contributed by atoms with E-state index in [4.69, 9.17) is 0 Å². The minimum atomic E-state index is -0.108. The lowest BCUT2D eigenvalue weighted by Gasteiger charge is -2.22. The van der Waals surface area contributed by atoms with Gasteiger partial charge in [0.25, 0.3) is 0 Å². The summed E-state index contributed by atoms with van der Waals surface area (Å²) >= 11 is 0. The maximum Gasteiger partial charge on any atom is 0.321 e. The molecule has 0 atom stereocenters. The molecule has 0 spiro atoms. The van der Waals surface area contributed by atoms with Crippen LogP contribution in [-0.4, -0.2) is 52.5 Å². The molecule has 1 N–H and O–H groups in total. The van der Waals surface area contributed by atoms with E-state index in [0.29, 0.717) is 32.6 Å². The summed E-state index contributed by atoms with van der Waals surface area (Å²) in [6.07, 6.45) is 5.12. The Hall–Kier alpha value is -2.76. The second-order valence-corrected chi connectivity index (χ2v) is 6.38. The molecule has 1 aromatic carbocycles. The van der Waals surface area contributed by atoms with Crippen LogP contribution in [0.2, 0.25) is 0 Å². The SMILES string of the molecule is Cn1ccc(CC(=O)N2CCCN(C(=O)Nc3ccccc3)CC2)c1. The Kier molecular flexibility index (Phi) is 5.38. The van der Waals surface area contributed by atoms with Crippen molar-refractivity contribution in [2.24, 2.45) is 7.05 Å². The molecule has 2 heterocycles. The van der Waals surface area contributed by atoms with Gasteiger partial charge in [-0.25, -0.2) is 4.79 Å². The van der Waals surface area contributed by atoms with Crippen molar-refractivity contribution in [3.8, 4) is 0 Å². The fourth-order valence-electron chi connectivity index (χ4n) is 3.05. The van der Waals surface area contributed by atoms with E-state index >= 15 is 0 Å². The number of amides is 3. The van der Waals surface area contributed by atoms with Gasteiger partial charge >= 0.3 is 6.03 Å². The quantitative estimate of drug-likeness (QED) is 0.932. The molecule has 3 rings (SSSR count). The normalized spacial score (nSPS) is 14.9. The minimum absolute atomic E-state index is 0.108. The van der Waals surface area contributed by atoms with Crippen LogP contribution in [0, 0.1) is 0 Å². The second kappa shape index (κ2) is 7.88. The van der Waals surface area contributed by atoms with E-state index in [0.717, 1.165) is 17.7 Å². The molecule has 1 aliphatic heterocycles. The van der Waals surface area contributed by atoms with Gasteiger partial charge in [0.05, 0.1) is 6.42 Å². The number of carbonyl (C=O) groups excluding carboxylic acids is 2. The van der Waals surface area contributed by atoms with Gasteiger partial charge in [0.15, 0.2) is 0 Å². The monoisotopic (exact) mass is 340 g/mol. The smallest absolute Gasteiger partial charge is 0.321 e. The molecule has 1 aliphatic rings. The number of hydrogen-bond donors (Lipinski definition) is 1. The predicted molar refractivity (Wildman–Crippen MR) is 97.3 cm³/mol. The third-order valence-electron chi connectivity index (χ3n) is 4.41.